The zero-order valence-corrected chi connectivity index (χ0v) is 10.0. The molecule has 1 aromatic heterocycles. The smallest absolute Gasteiger partial charge is 0.342 e. The Bertz CT molecular complexity index is 565. The maximum atomic E-state index is 11.3. The van der Waals surface area contributed by atoms with Gasteiger partial charge in [0.05, 0.1) is 0 Å². The quantitative estimate of drug-likeness (QED) is 0.460. The first-order valence-corrected chi connectivity index (χ1v) is 5.70. The van der Waals surface area contributed by atoms with Crippen LogP contribution in [-0.4, -0.2) is 44.0 Å². The highest BCUT2D eigenvalue weighted by Crippen LogP contribution is 2.10. The molecule has 0 saturated carbocycles. The zero-order chi connectivity index (χ0) is 13.7. The van der Waals surface area contributed by atoms with Crippen molar-refractivity contribution in [3.63, 3.8) is 0 Å². The summed E-state index contributed by atoms with van der Waals surface area (Å²) in [6.07, 6.45) is 0. The lowest BCUT2D eigenvalue weighted by atomic mass is 10.3. The van der Waals surface area contributed by atoms with Crippen LogP contribution in [0.1, 0.15) is 6.92 Å². The summed E-state index contributed by atoms with van der Waals surface area (Å²) in [5, 5.41) is 16.4. The topological polar surface area (TPSA) is 145 Å². The molecule has 0 aliphatic carbocycles. The molecule has 0 spiro atoms. The van der Waals surface area contributed by atoms with Crippen LogP contribution in [-0.2, 0) is 9.59 Å². The van der Waals surface area contributed by atoms with Crippen LogP contribution in [0.4, 0.5) is 0 Å². The molecule has 4 N–H and O–H groups in total. The molecule has 1 amide bonds. The number of nitrogens with one attached hydrogen (secondary N) is 3. The number of rotatable bonds is 5. The molecule has 0 unspecified atom stereocenters. The van der Waals surface area contributed by atoms with Gasteiger partial charge < -0.3 is 10.4 Å². The van der Waals surface area contributed by atoms with E-state index in [9.17, 15) is 19.2 Å². The minimum absolute atomic E-state index is 0.0776. The summed E-state index contributed by atoms with van der Waals surface area (Å²) in [7, 11) is 0. The Morgan fingerprint density at radius 3 is 2.67 bits per heavy atom. The fourth-order valence-corrected chi connectivity index (χ4v) is 1.86. The van der Waals surface area contributed by atoms with Crippen LogP contribution in [0.3, 0.4) is 0 Å². The summed E-state index contributed by atoms with van der Waals surface area (Å²) in [5.74, 6) is -1.80. The lowest BCUT2D eigenvalue weighted by molar-refractivity contribution is -0.140. The molecule has 0 radical (unpaired) electrons. The molecule has 18 heavy (non-hydrogen) atoms. The average Bonchev–Trinajstić information content (AvgIpc) is 2.25. The molecule has 1 aromatic rings. The van der Waals surface area contributed by atoms with Crippen molar-refractivity contribution in [2.45, 2.75) is 18.0 Å². The second-order valence-electron chi connectivity index (χ2n) is 3.21. The highest BCUT2D eigenvalue weighted by Gasteiger charge is 2.19. The van der Waals surface area contributed by atoms with E-state index in [0.29, 0.717) is 0 Å². The Morgan fingerprint density at radius 2 is 2.17 bits per heavy atom. The van der Waals surface area contributed by atoms with Crippen LogP contribution in [0, 0.1) is 0 Å². The number of thioether (sulfide) groups is 1. The number of carboxylic acid groups (broad SMARTS) is 1. The van der Waals surface area contributed by atoms with E-state index < -0.39 is 29.2 Å². The van der Waals surface area contributed by atoms with Crippen molar-refractivity contribution in [2.75, 3.05) is 5.75 Å². The van der Waals surface area contributed by atoms with E-state index in [2.05, 4.69) is 10.4 Å². The van der Waals surface area contributed by atoms with Crippen LogP contribution >= 0.6 is 11.8 Å². The average molecular weight is 274 g/mol. The van der Waals surface area contributed by atoms with Crippen LogP contribution in [0.25, 0.3) is 0 Å². The molecule has 0 aliphatic heterocycles. The Labute approximate surface area is 104 Å². The van der Waals surface area contributed by atoms with Crippen molar-refractivity contribution in [1.29, 1.82) is 0 Å². The largest absolute Gasteiger partial charge is 0.480 e. The number of carboxylic acids is 1. The summed E-state index contributed by atoms with van der Waals surface area (Å²) in [5.41, 5.74) is -1.46. The highest BCUT2D eigenvalue weighted by molar-refractivity contribution is 7.99. The van der Waals surface area contributed by atoms with Gasteiger partial charge in [-0.25, -0.2) is 14.7 Å². The SMILES string of the molecule is CC(=O)N[C@@H](CSc1n[nH]c(=O)[nH]c1=O)C(=O)O. The summed E-state index contributed by atoms with van der Waals surface area (Å²) in [6, 6.07) is -1.14. The fourth-order valence-electron chi connectivity index (χ4n) is 1.02. The van der Waals surface area contributed by atoms with Crippen molar-refractivity contribution < 1.29 is 14.7 Å². The number of aromatic nitrogens is 3. The van der Waals surface area contributed by atoms with Crippen LogP contribution < -0.4 is 16.6 Å². The molecule has 0 bridgehead atoms. The fraction of sp³-hybridized carbons (Fsp3) is 0.375. The second-order valence-corrected chi connectivity index (χ2v) is 4.22. The third-order valence-electron chi connectivity index (χ3n) is 1.74. The molecule has 0 saturated heterocycles. The van der Waals surface area contributed by atoms with Gasteiger partial charge >= 0.3 is 11.7 Å². The number of carbonyl (C=O) groups is 2. The number of carbonyl (C=O) groups excluding carboxylic acids is 1. The van der Waals surface area contributed by atoms with Crippen LogP contribution in [0.15, 0.2) is 14.6 Å². The third kappa shape index (κ3) is 4.05. The first kappa shape index (κ1) is 14.0. The lowest BCUT2D eigenvalue weighted by Gasteiger charge is -2.11. The number of aromatic amines is 2. The standard InChI is InChI=1S/C8H10N4O5S/c1-3(13)9-4(7(15)16)2-18-6-5(14)10-8(17)12-11-6/h4H,2H2,1H3,(H,9,13)(H,15,16)(H2,10,12,14,17)/t4-/m0/s1. The van der Waals surface area contributed by atoms with E-state index in [0.717, 1.165) is 11.8 Å². The van der Waals surface area contributed by atoms with E-state index in [-0.39, 0.29) is 10.8 Å². The normalized spacial score (nSPS) is 11.8. The van der Waals surface area contributed by atoms with Gasteiger partial charge in [-0.2, -0.15) is 5.10 Å². The molecule has 9 nitrogen and oxygen atoms in total. The van der Waals surface area contributed by atoms with Crippen molar-refractivity contribution in [1.82, 2.24) is 20.5 Å². The van der Waals surface area contributed by atoms with E-state index in [1.54, 1.807) is 0 Å². The van der Waals surface area contributed by atoms with Crippen LogP contribution in [0.5, 0.6) is 0 Å². The molecule has 1 atom stereocenters. The van der Waals surface area contributed by atoms with Crippen molar-refractivity contribution >= 4 is 23.6 Å². The van der Waals surface area contributed by atoms with Gasteiger partial charge in [0, 0.05) is 12.7 Å². The highest BCUT2D eigenvalue weighted by atomic mass is 32.2. The minimum atomic E-state index is -1.22. The predicted octanol–water partition coefficient (Wildman–Crippen LogP) is -1.86. The van der Waals surface area contributed by atoms with Gasteiger partial charge in [-0.15, -0.1) is 0 Å². The Hall–Kier alpha value is -2.10. The summed E-state index contributed by atoms with van der Waals surface area (Å²) >= 11 is 0.814. The second kappa shape index (κ2) is 6.00. The summed E-state index contributed by atoms with van der Waals surface area (Å²) < 4.78 is 0. The zero-order valence-electron chi connectivity index (χ0n) is 9.22. The molecule has 0 aliphatic rings. The monoisotopic (exact) mass is 274 g/mol. The predicted molar refractivity (Wildman–Crippen MR) is 61.4 cm³/mol. The number of hydrogen-bond acceptors (Lipinski definition) is 6. The third-order valence-corrected chi connectivity index (χ3v) is 2.79. The van der Waals surface area contributed by atoms with Crippen molar-refractivity contribution in [3.8, 4) is 0 Å². The molecule has 1 rings (SSSR count). The van der Waals surface area contributed by atoms with E-state index in [1.165, 1.54) is 6.92 Å². The van der Waals surface area contributed by atoms with Gasteiger partial charge in [0.2, 0.25) is 5.91 Å². The number of hydrogen-bond donors (Lipinski definition) is 4. The van der Waals surface area contributed by atoms with E-state index in [4.69, 9.17) is 5.11 Å². The van der Waals surface area contributed by atoms with Crippen molar-refractivity contribution in [2.24, 2.45) is 0 Å². The Morgan fingerprint density at radius 1 is 1.50 bits per heavy atom. The van der Waals surface area contributed by atoms with Gasteiger partial charge in [-0.3, -0.25) is 14.6 Å². The van der Waals surface area contributed by atoms with E-state index in [1.807, 2.05) is 10.1 Å². The Balaban J connectivity index is 2.73. The van der Waals surface area contributed by atoms with Crippen molar-refractivity contribution in [3.05, 3.63) is 20.8 Å². The first-order chi connectivity index (χ1) is 8.40. The van der Waals surface area contributed by atoms with Gasteiger partial charge in [0.15, 0.2) is 5.03 Å². The molecule has 98 valence electrons. The van der Waals surface area contributed by atoms with Gasteiger partial charge in [0.25, 0.3) is 5.56 Å². The van der Waals surface area contributed by atoms with Gasteiger partial charge in [-0.05, 0) is 0 Å². The molecular weight excluding hydrogens is 264 g/mol. The molecule has 0 fully saturated rings. The number of amides is 1. The van der Waals surface area contributed by atoms with Gasteiger partial charge in [0.1, 0.15) is 6.04 Å². The summed E-state index contributed by atoms with van der Waals surface area (Å²) in [6.45, 7) is 1.19. The molecule has 1 heterocycles. The van der Waals surface area contributed by atoms with E-state index >= 15 is 0 Å². The maximum absolute atomic E-state index is 11.3. The van der Waals surface area contributed by atoms with Gasteiger partial charge in [-0.1, -0.05) is 11.8 Å². The first-order valence-electron chi connectivity index (χ1n) is 4.72. The minimum Gasteiger partial charge on any atom is -0.480 e. The molecular formula is C8H10N4O5S. The molecule has 10 heteroatoms. The number of aliphatic carboxylic acids is 1. The number of H-pyrrole nitrogens is 2. The maximum Gasteiger partial charge on any atom is 0.342 e. The van der Waals surface area contributed by atoms with Crippen LogP contribution in [0.2, 0.25) is 0 Å². The Kier molecular flexibility index (Phi) is 4.66. The molecule has 0 aromatic carbocycles. The summed E-state index contributed by atoms with van der Waals surface area (Å²) in [4.78, 5) is 45.5. The number of nitrogens with zero attached hydrogens (tertiary/aromatic N) is 1. The lowest BCUT2D eigenvalue weighted by Crippen LogP contribution is -2.41.